The maximum atomic E-state index is 12.0. The van der Waals surface area contributed by atoms with Gasteiger partial charge in [-0.3, -0.25) is 9.69 Å². The van der Waals surface area contributed by atoms with Crippen molar-refractivity contribution in [3.63, 3.8) is 0 Å². The van der Waals surface area contributed by atoms with E-state index in [4.69, 9.17) is 0 Å². The Morgan fingerprint density at radius 1 is 1.52 bits per heavy atom. The van der Waals surface area contributed by atoms with Gasteiger partial charge < -0.3 is 15.2 Å². The van der Waals surface area contributed by atoms with E-state index < -0.39 is 0 Å². The summed E-state index contributed by atoms with van der Waals surface area (Å²) in [7, 11) is 2.00. The smallest absolute Gasteiger partial charge is 0.234 e. The number of piperazine rings is 1. The van der Waals surface area contributed by atoms with Gasteiger partial charge in [0, 0.05) is 45.6 Å². The van der Waals surface area contributed by atoms with Crippen LogP contribution in [0.2, 0.25) is 0 Å². The fraction of sp³-hybridized carbons (Fsp3) is 0.714. The van der Waals surface area contributed by atoms with Crippen LogP contribution >= 0.6 is 12.4 Å². The summed E-state index contributed by atoms with van der Waals surface area (Å²) in [6.45, 7) is 3.97. The topological polar surface area (TPSA) is 62.2 Å². The second-order valence-corrected chi connectivity index (χ2v) is 5.83. The van der Waals surface area contributed by atoms with Crippen molar-refractivity contribution in [2.75, 3.05) is 32.7 Å². The number of hydrogen-bond acceptors (Lipinski definition) is 4. The first-order valence-corrected chi connectivity index (χ1v) is 7.42. The first kappa shape index (κ1) is 16.3. The van der Waals surface area contributed by atoms with E-state index in [0.29, 0.717) is 6.54 Å². The summed E-state index contributed by atoms with van der Waals surface area (Å²) in [5, 5.41) is 6.43. The molecule has 0 bridgehead atoms. The molecule has 1 amide bonds. The first-order valence-electron chi connectivity index (χ1n) is 7.42. The fourth-order valence-electron chi connectivity index (χ4n) is 2.71. The molecule has 2 fully saturated rings. The van der Waals surface area contributed by atoms with E-state index >= 15 is 0 Å². The number of halogens is 1. The minimum Gasteiger partial charge on any atom is -0.355 e. The summed E-state index contributed by atoms with van der Waals surface area (Å²) in [6.07, 6.45) is 6.30. The van der Waals surface area contributed by atoms with Crippen molar-refractivity contribution < 1.29 is 4.79 Å². The van der Waals surface area contributed by atoms with Crippen molar-refractivity contribution in [3.05, 3.63) is 18.2 Å². The Labute approximate surface area is 131 Å². The molecule has 7 heteroatoms. The van der Waals surface area contributed by atoms with Crippen LogP contribution in [0.3, 0.4) is 0 Å². The van der Waals surface area contributed by atoms with Crippen LogP contribution < -0.4 is 10.6 Å². The molecule has 1 unspecified atom stereocenters. The second-order valence-electron chi connectivity index (χ2n) is 5.83. The van der Waals surface area contributed by atoms with E-state index in [1.165, 1.54) is 12.8 Å². The number of carbonyl (C=O) groups excluding carboxylic acids is 1. The van der Waals surface area contributed by atoms with Crippen molar-refractivity contribution in [2.45, 2.75) is 18.9 Å². The summed E-state index contributed by atoms with van der Waals surface area (Å²) in [5.41, 5.74) is 0. The molecule has 6 nitrogen and oxygen atoms in total. The Bertz CT molecular complexity index is 474. The lowest BCUT2D eigenvalue weighted by Crippen LogP contribution is -2.50. The normalized spacial score (nSPS) is 22.6. The molecule has 1 aliphatic heterocycles. The number of carbonyl (C=O) groups is 1. The summed E-state index contributed by atoms with van der Waals surface area (Å²) in [5.74, 6) is 1.89. The highest BCUT2D eigenvalue weighted by Gasteiger charge is 2.28. The average molecular weight is 314 g/mol. The highest BCUT2D eigenvalue weighted by Crippen LogP contribution is 2.27. The average Bonchev–Trinajstić information content (AvgIpc) is 3.18. The van der Waals surface area contributed by atoms with Gasteiger partial charge in [-0.1, -0.05) is 0 Å². The van der Waals surface area contributed by atoms with Gasteiger partial charge in [-0.2, -0.15) is 0 Å². The molecule has 1 atom stereocenters. The quantitative estimate of drug-likeness (QED) is 0.821. The summed E-state index contributed by atoms with van der Waals surface area (Å²) >= 11 is 0. The van der Waals surface area contributed by atoms with Gasteiger partial charge >= 0.3 is 0 Å². The van der Waals surface area contributed by atoms with E-state index in [-0.39, 0.29) is 24.4 Å². The standard InChI is InChI=1S/C14H23N5O.ClH/c1-18-6-5-16-14(18)12-9-15-4-7-19(12)10-13(20)17-8-11-2-3-11;/h5-6,11-12,15H,2-4,7-10H2,1H3,(H,17,20);1H. The van der Waals surface area contributed by atoms with Gasteiger partial charge in [0.2, 0.25) is 5.91 Å². The molecule has 0 radical (unpaired) electrons. The van der Waals surface area contributed by atoms with Crippen LogP contribution in [0.1, 0.15) is 24.7 Å². The Morgan fingerprint density at radius 2 is 2.33 bits per heavy atom. The van der Waals surface area contributed by atoms with E-state index in [9.17, 15) is 4.79 Å². The van der Waals surface area contributed by atoms with Gasteiger partial charge in [0.1, 0.15) is 5.82 Å². The Hall–Kier alpha value is -1.11. The van der Waals surface area contributed by atoms with Gasteiger partial charge in [-0.05, 0) is 18.8 Å². The van der Waals surface area contributed by atoms with Crippen LogP contribution in [-0.4, -0.2) is 53.1 Å². The SMILES string of the molecule is Cl.Cn1ccnc1C1CNCCN1CC(=O)NCC1CC1. The molecule has 2 aliphatic rings. The van der Waals surface area contributed by atoms with Crippen molar-refractivity contribution in [2.24, 2.45) is 13.0 Å². The van der Waals surface area contributed by atoms with Gasteiger partial charge in [0.15, 0.2) is 0 Å². The van der Waals surface area contributed by atoms with Gasteiger partial charge in [-0.15, -0.1) is 12.4 Å². The van der Waals surface area contributed by atoms with Crippen LogP contribution in [0.5, 0.6) is 0 Å². The maximum Gasteiger partial charge on any atom is 0.234 e. The van der Waals surface area contributed by atoms with Crippen molar-refractivity contribution in [3.8, 4) is 0 Å². The molecule has 21 heavy (non-hydrogen) atoms. The molecule has 0 spiro atoms. The van der Waals surface area contributed by atoms with E-state index in [1.54, 1.807) is 0 Å². The van der Waals surface area contributed by atoms with Crippen molar-refractivity contribution in [1.82, 2.24) is 25.1 Å². The summed E-state index contributed by atoms with van der Waals surface area (Å²) in [6, 6.07) is 0.176. The number of aromatic nitrogens is 2. The summed E-state index contributed by atoms with van der Waals surface area (Å²) < 4.78 is 2.03. The number of nitrogens with zero attached hydrogens (tertiary/aromatic N) is 3. The third-order valence-electron chi connectivity index (χ3n) is 4.14. The zero-order chi connectivity index (χ0) is 13.9. The molecule has 1 aromatic heterocycles. The maximum absolute atomic E-state index is 12.0. The Kier molecular flexibility index (Phi) is 5.61. The molecule has 1 aromatic rings. The van der Waals surface area contributed by atoms with Crippen molar-refractivity contribution in [1.29, 1.82) is 0 Å². The first-order chi connectivity index (χ1) is 9.74. The molecule has 118 valence electrons. The number of amides is 1. The molecule has 0 aromatic carbocycles. The highest BCUT2D eigenvalue weighted by molar-refractivity contribution is 5.85. The molecule has 2 N–H and O–H groups in total. The molecular weight excluding hydrogens is 290 g/mol. The van der Waals surface area contributed by atoms with Gasteiger partial charge in [0.05, 0.1) is 12.6 Å². The number of imidazole rings is 1. The number of aryl methyl sites for hydroxylation is 1. The highest BCUT2D eigenvalue weighted by atomic mass is 35.5. The summed E-state index contributed by atoms with van der Waals surface area (Å²) in [4.78, 5) is 18.7. The lowest BCUT2D eigenvalue weighted by atomic mass is 10.1. The monoisotopic (exact) mass is 313 g/mol. The number of hydrogen-bond donors (Lipinski definition) is 2. The third-order valence-corrected chi connectivity index (χ3v) is 4.14. The molecule has 2 heterocycles. The van der Waals surface area contributed by atoms with Crippen LogP contribution in [0.15, 0.2) is 12.4 Å². The molecule has 1 saturated heterocycles. The van der Waals surface area contributed by atoms with Gasteiger partial charge in [0.25, 0.3) is 0 Å². The second kappa shape index (κ2) is 7.24. The molecule has 1 aliphatic carbocycles. The number of rotatable bonds is 5. The van der Waals surface area contributed by atoms with Crippen LogP contribution in [0.25, 0.3) is 0 Å². The Morgan fingerprint density at radius 3 is 3.00 bits per heavy atom. The fourth-order valence-corrected chi connectivity index (χ4v) is 2.71. The van der Waals surface area contributed by atoms with Crippen molar-refractivity contribution >= 4 is 18.3 Å². The van der Waals surface area contributed by atoms with Crippen LogP contribution in [0, 0.1) is 5.92 Å². The van der Waals surface area contributed by atoms with E-state index in [0.717, 1.165) is 37.9 Å². The minimum atomic E-state index is 0. The minimum absolute atomic E-state index is 0. The number of nitrogens with one attached hydrogen (secondary N) is 2. The van der Waals surface area contributed by atoms with Gasteiger partial charge in [-0.25, -0.2) is 4.98 Å². The Balaban J connectivity index is 0.00000161. The van der Waals surface area contributed by atoms with Crippen LogP contribution in [0.4, 0.5) is 0 Å². The lowest BCUT2D eigenvalue weighted by Gasteiger charge is -2.35. The largest absolute Gasteiger partial charge is 0.355 e. The predicted octanol–water partition coefficient (Wildman–Crippen LogP) is 0.314. The zero-order valence-electron chi connectivity index (χ0n) is 12.4. The molecule has 1 saturated carbocycles. The molecule has 3 rings (SSSR count). The zero-order valence-corrected chi connectivity index (χ0v) is 13.2. The predicted molar refractivity (Wildman–Crippen MR) is 83.4 cm³/mol. The third kappa shape index (κ3) is 4.18. The van der Waals surface area contributed by atoms with E-state index in [2.05, 4.69) is 20.5 Å². The molecular formula is C14H24ClN5O. The van der Waals surface area contributed by atoms with Crippen LogP contribution in [-0.2, 0) is 11.8 Å². The van der Waals surface area contributed by atoms with E-state index in [1.807, 2.05) is 24.0 Å². The lowest BCUT2D eigenvalue weighted by molar-refractivity contribution is -0.123.